The molecule has 78 valence electrons. The Morgan fingerprint density at radius 2 is 2.43 bits per heavy atom. The van der Waals surface area contributed by atoms with Crippen molar-refractivity contribution in [3.63, 3.8) is 0 Å². The maximum absolute atomic E-state index is 11.3. The van der Waals surface area contributed by atoms with Gasteiger partial charge in [0, 0.05) is 12.6 Å². The van der Waals surface area contributed by atoms with Gasteiger partial charge in [0.15, 0.2) is 5.69 Å². The molecule has 0 aliphatic heterocycles. The molecule has 14 heavy (non-hydrogen) atoms. The SMILES string of the molecule is CCCCNNC(=O)c1cc(C)on1. The molecule has 2 N–H and O–H groups in total. The van der Waals surface area contributed by atoms with Gasteiger partial charge < -0.3 is 4.52 Å². The van der Waals surface area contributed by atoms with Crippen molar-refractivity contribution in [3.8, 4) is 0 Å². The second-order valence-corrected chi connectivity index (χ2v) is 3.06. The van der Waals surface area contributed by atoms with Crippen molar-refractivity contribution in [2.75, 3.05) is 6.54 Å². The van der Waals surface area contributed by atoms with Crippen LogP contribution in [0.1, 0.15) is 36.0 Å². The van der Waals surface area contributed by atoms with Crippen LogP contribution in [0.2, 0.25) is 0 Å². The minimum atomic E-state index is -0.266. The first kappa shape index (κ1) is 10.7. The predicted octanol–water partition coefficient (Wildman–Crippen LogP) is 1.02. The molecule has 0 unspecified atom stereocenters. The molecule has 1 aromatic rings. The van der Waals surface area contributed by atoms with Crippen LogP contribution in [-0.4, -0.2) is 17.6 Å². The van der Waals surface area contributed by atoms with E-state index in [4.69, 9.17) is 4.52 Å². The van der Waals surface area contributed by atoms with E-state index in [1.54, 1.807) is 13.0 Å². The summed E-state index contributed by atoms with van der Waals surface area (Å²) in [4.78, 5) is 11.3. The molecule has 0 bridgehead atoms. The Labute approximate surface area is 82.8 Å². The molecule has 0 aliphatic rings. The van der Waals surface area contributed by atoms with Crippen LogP contribution in [0, 0.1) is 6.92 Å². The summed E-state index contributed by atoms with van der Waals surface area (Å²) in [6.07, 6.45) is 2.12. The Kier molecular flexibility index (Phi) is 4.12. The van der Waals surface area contributed by atoms with Gasteiger partial charge in [-0.05, 0) is 13.3 Å². The van der Waals surface area contributed by atoms with Gasteiger partial charge in [0.1, 0.15) is 5.76 Å². The van der Waals surface area contributed by atoms with Crippen molar-refractivity contribution in [3.05, 3.63) is 17.5 Å². The van der Waals surface area contributed by atoms with Crippen LogP contribution in [0.4, 0.5) is 0 Å². The number of aromatic nitrogens is 1. The molecule has 0 spiro atoms. The molecule has 0 saturated heterocycles. The Morgan fingerprint density at radius 1 is 1.64 bits per heavy atom. The predicted molar refractivity (Wildman–Crippen MR) is 51.6 cm³/mol. The van der Waals surface area contributed by atoms with Crippen LogP contribution in [0.15, 0.2) is 10.6 Å². The number of hydrogen-bond acceptors (Lipinski definition) is 4. The Bertz CT molecular complexity index is 296. The fourth-order valence-electron chi connectivity index (χ4n) is 0.945. The lowest BCUT2D eigenvalue weighted by atomic mass is 10.3. The van der Waals surface area contributed by atoms with Gasteiger partial charge in [-0.2, -0.15) is 0 Å². The zero-order chi connectivity index (χ0) is 10.4. The van der Waals surface area contributed by atoms with Gasteiger partial charge in [-0.1, -0.05) is 18.5 Å². The number of nitrogens with one attached hydrogen (secondary N) is 2. The number of carbonyl (C=O) groups is 1. The van der Waals surface area contributed by atoms with Crippen LogP contribution in [0.25, 0.3) is 0 Å². The number of unbranched alkanes of at least 4 members (excludes halogenated alkanes) is 1. The number of amides is 1. The van der Waals surface area contributed by atoms with Gasteiger partial charge in [0.2, 0.25) is 0 Å². The molecule has 1 heterocycles. The van der Waals surface area contributed by atoms with Crippen LogP contribution in [-0.2, 0) is 0 Å². The summed E-state index contributed by atoms with van der Waals surface area (Å²) in [6.45, 7) is 4.60. The fraction of sp³-hybridized carbons (Fsp3) is 0.556. The minimum absolute atomic E-state index is 0.266. The summed E-state index contributed by atoms with van der Waals surface area (Å²) in [5.41, 5.74) is 5.65. The summed E-state index contributed by atoms with van der Waals surface area (Å²) >= 11 is 0. The molecule has 0 radical (unpaired) electrons. The molecule has 0 atom stereocenters. The number of carbonyl (C=O) groups excluding carboxylic acids is 1. The highest BCUT2D eigenvalue weighted by Crippen LogP contribution is 2.00. The summed E-state index contributed by atoms with van der Waals surface area (Å²) in [7, 11) is 0. The van der Waals surface area contributed by atoms with E-state index in [0.29, 0.717) is 11.5 Å². The van der Waals surface area contributed by atoms with Gasteiger partial charge in [0.05, 0.1) is 0 Å². The van der Waals surface area contributed by atoms with E-state index < -0.39 is 0 Å². The van der Waals surface area contributed by atoms with Gasteiger partial charge in [0.25, 0.3) is 5.91 Å². The highest BCUT2D eigenvalue weighted by atomic mass is 16.5. The van der Waals surface area contributed by atoms with Crippen LogP contribution in [0.3, 0.4) is 0 Å². The third-order valence-corrected chi connectivity index (χ3v) is 1.72. The monoisotopic (exact) mass is 197 g/mol. The first-order valence-electron chi connectivity index (χ1n) is 4.70. The van der Waals surface area contributed by atoms with E-state index >= 15 is 0 Å². The lowest BCUT2D eigenvalue weighted by Gasteiger charge is -2.03. The molecule has 0 fully saturated rings. The summed E-state index contributed by atoms with van der Waals surface area (Å²) in [5, 5.41) is 3.59. The first-order valence-corrected chi connectivity index (χ1v) is 4.70. The highest BCUT2D eigenvalue weighted by molar-refractivity contribution is 5.91. The molecular formula is C9H15N3O2. The lowest BCUT2D eigenvalue weighted by Crippen LogP contribution is -2.38. The largest absolute Gasteiger partial charge is 0.361 e. The smallest absolute Gasteiger partial charge is 0.287 e. The van der Waals surface area contributed by atoms with Crippen molar-refractivity contribution in [2.45, 2.75) is 26.7 Å². The quantitative estimate of drug-likeness (QED) is 0.546. The second-order valence-electron chi connectivity index (χ2n) is 3.06. The molecule has 0 saturated carbocycles. The normalized spacial score (nSPS) is 10.1. The molecule has 1 aromatic heterocycles. The van der Waals surface area contributed by atoms with E-state index in [0.717, 1.165) is 19.4 Å². The fourth-order valence-corrected chi connectivity index (χ4v) is 0.945. The maximum atomic E-state index is 11.3. The average Bonchev–Trinajstić information content (AvgIpc) is 2.59. The Balaban J connectivity index is 2.29. The van der Waals surface area contributed by atoms with E-state index in [9.17, 15) is 4.79 Å². The van der Waals surface area contributed by atoms with Gasteiger partial charge in [-0.15, -0.1) is 0 Å². The van der Waals surface area contributed by atoms with Gasteiger partial charge >= 0.3 is 0 Å². The molecule has 1 rings (SSSR count). The Morgan fingerprint density at radius 3 is 3.00 bits per heavy atom. The van der Waals surface area contributed by atoms with Crippen molar-refractivity contribution < 1.29 is 9.32 Å². The van der Waals surface area contributed by atoms with Gasteiger partial charge in [-0.3, -0.25) is 10.2 Å². The molecule has 0 aliphatic carbocycles. The number of nitrogens with zero attached hydrogens (tertiary/aromatic N) is 1. The number of aryl methyl sites for hydroxylation is 1. The van der Waals surface area contributed by atoms with E-state index in [1.807, 2.05) is 0 Å². The maximum Gasteiger partial charge on any atom is 0.287 e. The zero-order valence-electron chi connectivity index (χ0n) is 8.46. The van der Waals surface area contributed by atoms with Crippen molar-refractivity contribution in [2.24, 2.45) is 0 Å². The summed E-state index contributed by atoms with van der Waals surface area (Å²) in [5.74, 6) is 0.363. The molecular weight excluding hydrogens is 182 g/mol. The zero-order valence-corrected chi connectivity index (χ0v) is 8.46. The van der Waals surface area contributed by atoms with E-state index in [1.165, 1.54) is 0 Å². The Hall–Kier alpha value is -1.36. The van der Waals surface area contributed by atoms with Crippen molar-refractivity contribution in [1.82, 2.24) is 16.0 Å². The van der Waals surface area contributed by atoms with Gasteiger partial charge in [-0.25, -0.2) is 5.43 Å². The van der Waals surface area contributed by atoms with Crippen molar-refractivity contribution >= 4 is 5.91 Å². The van der Waals surface area contributed by atoms with E-state index in [2.05, 4.69) is 22.9 Å². The van der Waals surface area contributed by atoms with Crippen LogP contribution in [0.5, 0.6) is 0 Å². The summed E-state index contributed by atoms with van der Waals surface area (Å²) < 4.78 is 4.77. The lowest BCUT2D eigenvalue weighted by molar-refractivity contribution is 0.0924. The molecule has 0 aromatic carbocycles. The van der Waals surface area contributed by atoms with Crippen LogP contribution >= 0.6 is 0 Å². The van der Waals surface area contributed by atoms with Crippen LogP contribution < -0.4 is 10.9 Å². The number of hydrazine groups is 1. The molecule has 5 nitrogen and oxygen atoms in total. The first-order chi connectivity index (χ1) is 6.74. The third kappa shape index (κ3) is 3.18. The molecule has 5 heteroatoms. The second kappa shape index (κ2) is 5.39. The highest BCUT2D eigenvalue weighted by Gasteiger charge is 2.09. The summed E-state index contributed by atoms with van der Waals surface area (Å²) in [6, 6.07) is 1.59. The number of rotatable bonds is 5. The minimum Gasteiger partial charge on any atom is -0.361 e. The molecule has 1 amide bonds. The average molecular weight is 197 g/mol. The number of hydrogen-bond donors (Lipinski definition) is 2. The topological polar surface area (TPSA) is 67.2 Å². The third-order valence-electron chi connectivity index (χ3n) is 1.72. The van der Waals surface area contributed by atoms with Crippen molar-refractivity contribution in [1.29, 1.82) is 0 Å². The standard InChI is InChI=1S/C9H15N3O2/c1-3-4-5-10-11-9(13)8-6-7(2)14-12-8/h6,10H,3-5H2,1-2H3,(H,11,13). The van der Waals surface area contributed by atoms with E-state index in [-0.39, 0.29) is 5.91 Å².